The summed E-state index contributed by atoms with van der Waals surface area (Å²) in [6, 6.07) is 12.0. The number of nitrogens with one attached hydrogen (secondary N) is 1. The Morgan fingerprint density at radius 1 is 1.12 bits per heavy atom. The highest BCUT2D eigenvalue weighted by molar-refractivity contribution is 6.17. The van der Waals surface area contributed by atoms with Gasteiger partial charge in [0.15, 0.2) is 0 Å². The maximum absolute atomic E-state index is 5.72. The molecule has 82 valence electrons. The first-order valence-corrected chi connectivity index (χ1v) is 5.66. The monoisotopic (exact) mass is 232 g/mol. The van der Waals surface area contributed by atoms with Crippen molar-refractivity contribution >= 4 is 23.1 Å². The summed E-state index contributed by atoms with van der Waals surface area (Å²) in [7, 11) is 0. The van der Waals surface area contributed by atoms with E-state index in [0.717, 1.165) is 22.6 Å². The minimum absolute atomic E-state index is 0.545. The van der Waals surface area contributed by atoms with E-state index in [9.17, 15) is 0 Å². The quantitative estimate of drug-likeness (QED) is 0.813. The van der Waals surface area contributed by atoms with Crippen LogP contribution in [0.25, 0.3) is 0 Å². The smallest absolute Gasteiger partial charge is 0.130 e. The number of aromatic nitrogens is 1. The van der Waals surface area contributed by atoms with Crippen molar-refractivity contribution in [2.75, 3.05) is 5.32 Å². The molecule has 16 heavy (non-hydrogen) atoms. The van der Waals surface area contributed by atoms with Crippen molar-refractivity contribution in [3.05, 3.63) is 53.7 Å². The lowest BCUT2D eigenvalue weighted by molar-refractivity contribution is 1.26. The average Bonchev–Trinajstić information content (AvgIpc) is 2.33. The van der Waals surface area contributed by atoms with Crippen LogP contribution in [-0.4, -0.2) is 4.98 Å². The van der Waals surface area contributed by atoms with E-state index in [4.69, 9.17) is 11.6 Å². The second-order valence-corrected chi connectivity index (χ2v) is 3.94. The van der Waals surface area contributed by atoms with E-state index in [1.165, 1.54) is 0 Å². The van der Waals surface area contributed by atoms with Crippen LogP contribution in [0.2, 0.25) is 0 Å². The molecule has 2 nitrogen and oxygen atoms in total. The molecule has 0 aliphatic heterocycles. The Hall–Kier alpha value is -1.54. The Bertz CT molecular complexity index is 448. The van der Waals surface area contributed by atoms with Crippen molar-refractivity contribution in [3.8, 4) is 0 Å². The summed E-state index contributed by atoms with van der Waals surface area (Å²) in [4.78, 5) is 4.28. The first kappa shape index (κ1) is 11.0. The van der Waals surface area contributed by atoms with E-state index in [1.807, 2.05) is 49.5 Å². The fourth-order valence-electron chi connectivity index (χ4n) is 1.37. The third-order valence-corrected chi connectivity index (χ3v) is 2.60. The van der Waals surface area contributed by atoms with Crippen LogP contribution in [-0.2, 0) is 5.88 Å². The number of benzene rings is 1. The molecule has 0 aliphatic carbocycles. The lowest BCUT2D eigenvalue weighted by Crippen LogP contribution is -1.93. The fraction of sp³-hybridized carbons (Fsp3) is 0.154. The predicted octanol–water partition coefficient (Wildman–Crippen LogP) is 3.87. The van der Waals surface area contributed by atoms with Crippen LogP contribution in [0.3, 0.4) is 0 Å². The van der Waals surface area contributed by atoms with Gasteiger partial charge in [0.05, 0.1) is 0 Å². The molecule has 1 aromatic carbocycles. The van der Waals surface area contributed by atoms with Crippen LogP contribution in [0.5, 0.6) is 0 Å². The fourth-order valence-corrected chi connectivity index (χ4v) is 1.54. The van der Waals surface area contributed by atoms with Crippen molar-refractivity contribution in [2.45, 2.75) is 12.8 Å². The van der Waals surface area contributed by atoms with Gasteiger partial charge in [-0.15, -0.1) is 11.6 Å². The second-order valence-electron chi connectivity index (χ2n) is 3.68. The van der Waals surface area contributed by atoms with E-state index in [1.54, 1.807) is 0 Å². The van der Waals surface area contributed by atoms with Crippen LogP contribution in [0.15, 0.2) is 42.6 Å². The molecule has 0 radical (unpaired) electrons. The minimum Gasteiger partial charge on any atom is -0.340 e. The van der Waals surface area contributed by atoms with E-state index in [2.05, 4.69) is 10.3 Å². The van der Waals surface area contributed by atoms with E-state index < -0.39 is 0 Å². The zero-order valence-electron chi connectivity index (χ0n) is 9.07. The number of rotatable bonds is 3. The molecule has 0 spiro atoms. The van der Waals surface area contributed by atoms with Gasteiger partial charge >= 0.3 is 0 Å². The van der Waals surface area contributed by atoms with E-state index in [-0.39, 0.29) is 0 Å². The van der Waals surface area contributed by atoms with Crippen LogP contribution < -0.4 is 5.32 Å². The molecule has 0 fully saturated rings. The van der Waals surface area contributed by atoms with Gasteiger partial charge in [-0.2, -0.15) is 0 Å². The minimum atomic E-state index is 0.545. The molecule has 0 saturated carbocycles. The standard InChI is InChI=1S/C13H13ClN2/c1-10-2-7-13(15-9-10)16-12-5-3-11(8-14)4-6-12/h2-7,9H,8H2,1H3,(H,15,16). The van der Waals surface area contributed by atoms with Gasteiger partial charge in [0.1, 0.15) is 5.82 Å². The number of pyridine rings is 1. The number of aryl methyl sites for hydroxylation is 1. The number of alkyl halides is 1. The molecule has 1 heterocycles. The highest BCUT2D eigenvalue weighted by atomic mass is 35.5. The van der Waals surface area contributed by atoms with Crippen LogP contribution in [0, 0.1) is 6.92 Å². The molecule has 2 rings (SSSR count). The summed E-state index contributed by atoms with van der Waals surface area (Å²) in [5, 5.41) is 3.23. The third-order valence-electron chi connectivity index (χ3n) is 2.29. The number of halogens is 1. The average molecular weight is 233 g/mol. The van der Waals surface area contributed by atoms with Gasteiger partial charge < -0.3 is 5.32 Å². The molecule has 1 aromatic heterocycles. The number of hydrogen-bond acceptors (Lipinski definition) is 2. The van der Waals surface area contributed by atoms with Crippen molar-refractivity contribution in [1.82, 2.24) is 4.98 Å². The van der Waals surface area contributed by atoms with Crippen LogP contribution in [0.1, 0.15) is 11.1 Å². The molecule has 0 amide bonds. The second kappa shape index (κ2) is 4.99. The number of anilines is 2. The first-order valence-electron chi connectivity index (χ1n) is 5.12. The Kier molecular flexibility index (Phi) is 3.42. The van der Waals surface area contributed by atoms with Gasteiger partial charge in [0, 0.05) is 17.8 Å². The molecule has 2 aromatic rings. The zero-order chi connectivity index (χ0) is 11.4. The number of nitrogens with zero attached hydrogens (tertiary/aromatic N) is 1. The van der Waals surface area contributed by atoms with Gasteiger partial charge in [-0.25, -0.2) is 4.98 Å². The maximum atomic E-state index is 5.72. The van der Waals surface area contributed by atoms with Crippen LogP contribution >= 0.6 is 11.6 Å². The van der Waals surface area contributed by atoms with Gasteiger partial charge in [-0.3, -0.25) is 0 Å². The molecule has 0 unspecified atom stereocenters. The topological polar surface area (TPSA) is 24.9 Å². The summed E-state index contributed by atoms with van der Waals surface area (Å²) >= 11 is 5.72. The summed E-state index contributed by atoms with van der Waals surface area (Å²) in [5.41, 5.74) is 3.29. The normalized spacial score (nSPS) is 10.1. The van der Waals surface area contributed by atoms with Gasteiger partial charge in [-0.05, 0) is 36.2 Å². The first-order chi connectivity index (χ1) is 7.78. The lowest BCUT2D eigenvalue weighted by atomic mass is 10.2. The molecular weight excluding hydrogens is 220 g/mol. The molecular formula is C13H13ClN2. The van der Waals surface area contributed by atoms with Gasteiger partial charge in [0.25, 0.3) is 0 Å². The Balaban J connectivity index is 2.11. The summed E-state index contributed by atoms with van der Waals surface area (Å²) in [6.07, 6.45) is 1.84. The molecule has 0 saturated heterocycles. The highest BCUT2D eigenvalue weighted by Crippen LogP contribution is 2.16. The van der Waals surface area contributed by atoms with Crippen molar-refractivity contribution in [1.29, 1.82) is 0 Å². The lowest BCUT2D eigenvalue weighted by Gasteiger charge is -2.06. The zero-order valence-corrected chi connectivity index (χ0v) is 9.83. The maximum Gasteiger partial charge on any atom is 0.130 e. The predicted molar refractivity (Wildman–Crippen MR) is 68.3 cm³/mol. The largest absolute Gasteiger partial charge is 0.340 e. The summed E-state index contributed by atoms with van der Waals surface area (Å²) in [5.74, 6) is 1.40. The van der Waals surface area contributed by atoms with Gasteiger partial charge in [0.2, 0.25) is 0 Å². The van der Waals surface area contributed by atoms with Crippen molar-refractivity contribution < 1.29 is 0 Å². The Morgan fingerprint density at radius 2 is 1.88 bits per heavy atom. The third kappa shape index (κ3) is 2.74. The molecule has 0 aliphatic rings. The molecule has 0 atom stereocenters. The van der Waals surface area contributed by atoms with Crippen molar-refractivity contribution in [2.24, 2.45) is 0 Å². The molecule has 3 heteroatoms. The molecule has 0 bridgehead atoms. The Morgan fingerprint density at radius 3 is 2.44 bits per heavy atom. The van der Waals surface area contributed by atoms with Crippen molar-refractivity contribution in [3.63, 3.8) is 0 Å². The Labute approximate surface area is 100 Å². The van der Waals surface area contributed by atoms with Crippen LogP contribution in [0.4, 0.5) is 11.5 Å². The highest BCUT2D eigenvalue weighted by Gasteiger charge is 1.96. The summed E-state index contributed by atoms with van der Waals surface area (Å²) in [6.45, 7) is 2.02. The SMILES string of the molecule is Cc1ccc(Nc2ccc(CCl)cc2)nc1. The summed E-state index contributed by atoms with van der Waals surface area (Å²) < 4.78 is 0. The van der Waals surface area contributed by atoms with E-state index >= 15 is 0 Å². The molecule has 1 N–H and O–H groups in total. The van der Waals surface area contributed by atoms with E-state index in [0.29, 0.717) is 5.88 Å². The van der Waals surface area contributed by atoms with Gasteiger partial charge in [-0.1, -0.05) is 18.2 Å². The number of hydrogen-bond donors (Lipinski definition) is 1.